The van der Waals surface area contributed by atoms with Crippen molar-refractivity contribution in [2.24, 2.45) is 5.10 Å². The molecule has 2 aromatic carbocycles. The molecule has 10 heteroatoms. The van der Waals surface area contributed by atoms with Crippen molar-refractivity contribution in [3.63, 3.8) is 0 Å². The van der Waals surface area contributed by atoms with E-state index in [1.165, 1.54) is 12.1 Å². The van der Waals surface area contributed by atoms with Crippen LogP contribution in [0.15, 0.2) is 47.6 Å². The predicted octanol–water partition coefficient (Wildman–Crippen LogP) is 3.24. The largest absolute Gasteiger partial charge is 0.416 e. The molecule has 29 heavy (non-hydrogen) atoms. The molecule has 6 nitrogen and oxygen atoms in total. The van der Waals surface area contributed by atoms with Gasteiger partial charge in [0.1, 0.15) is 6.54 Å². The van der Waals surface area contributed by atoms with Gasteiger partial charge in [-0.25, -0.2) is 13.8 Å². The van der Waals surface area contributed by atoms with Gasteiger partial charge in [0, 0.05) is 0 Å². The molecule has 0 unspecified atom stereocenters. The van der Waals surface area contributed by atoms with Crippen LogP contribution in [0, 0.1) is 13.8 Å². The first-order chi connectivity index (χ1) is 13.4. The van der Waals surface area contributed by atoms with Crippen LogP contribution >= 0.6 is 0 Å². The normalized spacial score (nSPS) is 12.2. The lowest BCUT2D eigenvalue weighted by atomic mass is 10.1. The van der Waals surface area contributed by atoms with Crippen LogP contribution in [0.1, 0.15) is 22.3 Å². The number of nitrogens with one attached hydrogen (secondary N) is 1. The second kappa shape index (κ2) is 8.64. The van der Waals surface area contributed by atoms with Crippen molar-refractivity contribution >= 4 is 27.8 Å². The molecule has 0 aliphatic heterocycles. The Morgan fingerprint density at radius 2 is 1.76 bits per heavy atom. The Labute approximate surface area is 167 Å². The lowest BCUT2D eigenvalue weighted by molar-refractivity contribution is -0.137. The molecular weight excluding hydrogens is 407 g/mol. The fourth-order valence-corrected chi connectivity index (χ4v) is 3.47. The summed E-state index contributed by atoms with van der Waals surface area (Å²) >= 11 is 0. The van der Waals surface area contributed by atoms with Gasteiger partial charge in [0.05, 0.1) is 23.7 Å². The zero-order chi connectivity index (χ0) is 21.8. The number of hydrazone groups is 1. The van der Waals surface area contributed by atoms with Crippen LogP contribution in [0.4, 0.5) is 18.9 Å². The average molecular weight is 427 g/mol. The van der Waals surface area contributed by atoms with E-state index in [0.29, 0.717) is 5.69 Å². The van der Waals surface area contributed by atoms with Crippen molar-refractivity contribution in [1.82, 2.24) is 5.43 Å². The van der Waals surface area contributed by atoms with Gasteiger partial charge >= 0.3 is 6.18 Å². The van der Waals surface area contributed by atoms with Gasteiger partial charge in [-0.05, 0) is 54.8 Å². The van der Waals surface area contributed by atoms with E-state index in [1.54, 1.807) is 26.0 Å². The zero-order valence-electron chi connectivity index (χ0n) is 16.0. The van der Waals surface area contributed by atoms with Gasteiger partial charge in [-0.15, -0.1) is 0 Å². The molecule has 0 aromatic heterocycles. The van der Waals surface area contributed by atoms with Gasteiger partial charge in [0.2, 0.25) is 10.0 Å². The van der Waals surface area contributed by atoms with Crippen molar-refractivity contribution in [3.05, 3.63) is 64.7 Å². The first kappa shape index (κ1) is 22.4. The van der Waals surface area contributed by atoms with E-state index >= 15 is 0 Å². The summed E-state index contributed by atoms with van der Waals surface area (Å²) in [7, 11) is -3.75. The Bertz CT molecular complexity index is 1010. The Morgan fingerprint density at radius 1 is 1.14 bits per heavy atom. The van der Waals surface area contributed by atoms with E-state index in [2.05, 4.69) is 10.5 Å². The van der Waals surface area contributed by atoms with Crippen LogP contribution < -0.4 is 9.73 Å². The number of alkyl halides is 3. The van der Waals surface area contributed by atoms with Crippen molar-refractivity contribution in [2.45, 2.75) is 20.0 Å². The fraction of sp³-hybridized carbons (Fsp3) is 0.263. The van der Waals surface area contributed by atoms with Crippen molar-refractivity contribution in [2.75, 3.05) is 17.1 Å². The van der Waals surface area contributed by atoms with E-state index in [0.717, 1.165) is 40.0 Å². The van der Waals surface area contributed by atoms with Crippen LogP contribution in [0.3, 0.4) is 0 Å². The minimum Gasteiger partial charge on any atom is -0.271 e. The van der Waals surface area contributed by atoms with E-state index < -0.39 is 34.2 Å². The van der Waals surface area contributed by atoms with Gasteiger partial charge in [-0.3, -0.25) is 9.10 Å². The molecule has 0 bridgehead atoms. The maximum Gasteiger partial charge on any atom is 0.416 e. The number of carbonyl (C=O) groups is 1. The number of sulfonamides is 1. The average Bonchev–Trinajstić information content (AvgIpc) is 2.57. The summed E-state index contributed by atoms with van der Waals surface area (Å²) in [6.45, 7) is 3.08. The standard InChI is InChI=1S/C19H20F3N3O3S/c1-13-7-14(2)9-17(8-13)25(29(3,27)28)12-18(26)24-23-11-15-5-4-6-16(10-15)19(20,21)22/h4-11H,12H2,1-3H3,(H,24,26)/b23-11-. The van der Waals surface area contributed by atoms with E-state index in [1.807, 2.05) is 6.07 Å². The van der Waals surface area contributed by atoms with Crippen LogP contribution in [-0.4, -0.2) is 33.3 Å². The third-order valence-corrected chi connectivity index (χ3v) is 4.94. The minimum absolute atomic E-state index is 0.134. The molecule has 0 heterocycles. The molecule has 1 amide bonds. The summed E-state index contributed by atoms with van der Waals surface area (Å²) in [4.78, 5) is 12.1. The molecule has 0 aliphatic rings. The zero-order valence-corrected chi connectivity index (χ0v) is 16.8. The third-order valence-electron chi connectivity index (χ3n) is 3.80. The lowest BCUT2D eigenvalue weighted by Crippen LogP contribution is -2.39. The maximum absolute atomic E-state index is 12.7. The molecule has 0 saturated heterocycles. The summed E-state index contributed by atoms with van der Waals surface area (Å²) in [5, 5.41) is 3.62. The topological polar surface area (TPSA) is 78.8 Å². The maximum atomic E-state index is 12.7. The van der Waals surface area contributed by atoms with Crippen molar-refractivity contribution in [3.8, 4) is 0 Å². The SMILES string of the molecule is Cc1cc(C)cc(N(CC(=O)N/N=C\c2cccc(C(F)(F)F)c2)S(C)(=O)=O)c1. The van der Waals surface area contributed by atoms with Gasteiger partial charge in [-0.2, -0.15) is 18.3 Å². The van der Waals surface area contributed by atoms with Gasteiger partial charge in [0.15, 0.2) is 0 Å². The summed E-state index contributed by atoms with van der Waals surface area (Å²) in [6.07, 6.45) is -2.46. The smallest absolute Gasteiger partial charge is 0.271 e. The molecule has 0 atom stereocenters. The van der Waals surface area contributed by atoms with Crippen LogP contribution in [0.2, 0.25) is 0 Å². The molecular formula is C19H20F3N3O3S. The minimum atomic E-state index is -4.49. The highest BCUT2D eigenvalue weighted by molar-refractivity contribution is 7.92. The highest BCUT2D eigenvalue weighted by atomic mass is 32.2. The molecule has 0 spiro atoms. The second-order valence-corrected chi connectivity index (χ2v) is 8.44. The highest BCUT2D eigenvalue weighted by Crippen LogP contribution is 2.29. The van der Waals surface area contributed by atoms with Gasteiger partial charge < -0.3 is 0 Å². The Balaban J connectivity index is 2.12. The summed E-state index contributed by atoms with van der Waals surface area (Å²) < 4.78 is 63.3. The predicted molar refractivity (Wildman–Crippen MR) is 105 cm³/mol. The number of amides is 1. The van der Waals surface area contributed by atoms with Crippen LogP contribution in [-0.2, 0) is 21.0 Å². The quantitative estimate of drug-likeness (QED) is 0.568. The first-order valence-corrected chi connectivity index (χ1v) is 10.3. The number of nitrogens with zero attached hydrogens (tertiary/aromatic N) is 2. The Morgan fingerprint density at radius 3 is 2.31 bits per heavy atom. The Hall–Kier alpha value is -2.88. The highest BCUT2D eigenvalue weighted by Gasteiger charge is 2.30. The fourth-order valence-electron chi connectivity index (χ4n) is 2.63. The number of hydrogen-bond acceptors (Lipinski definition) is 4. The van der Waals surface area contributed by atoms with Crippen molar-refractivity contribution in [1.29, 1.82) is 0 Å². The molecule has 2 aromatic rings. The molecule has 0 fully saturated rings. The van der Waals surface area contributed by atoms with Gasteiger partial charge in [-0.1, -0.05) is 18.2 Å². The first-order valence-electron chi connectivity index (χ1n) is 8.41. The number of anilines is 1. The van der Waals surface area contributed by atoms with Crippen LogP contribution in [0.5, 0.6) is 0 Å². The molecule has 156 valence electrons. The van der Waals surface area contributed by atoms with E-state index in [4.69, 9.17) is 0 Å². The summed E-state index contributed by atoms with van der Waals surface area (Å²) in [5.41, 5.74) is 3.42. The van der Waals surface area contributed by atoms with Crippen LogP contribution in [0.25, 0.3) is 0 Å². The number of halogens is 3. The van der Waals surface area contributed by atoms with E-state index in [-0.39, 0.29) is 5.56 Å². The Kier molecular flexibility index (Phi) is 6.68. The molecule has 0 saturated carbocycles. The molecule has 1 N–H and O–H groups in total. The number of aryl methyl sites for hydroxylation is 2. The number of benzene rings is 2. The van der Waals surface area contributed by atoms with Crippen molar-refractivity contribution < 1.29 is 26.4 Å². The molecule has 2 rings (SSSR count). The number of rotatable bonds is 6. The second-order valence-electron chi connectivity index (χ2n) is 6.53. The van der Waals surface area contributed by atoms with Gasteiger partial charge in [0.25, 0.3) is 5.91 Å². The number of hydrogen-bond donors (Lipinski definition) is 1. The van der Waals surface area contributed by atoms with E-state index in [9.17, 15) is 26.4 Å². The number of carbonyl (C=O) groups excluding carboxylic acids is 1. The monoisotopic (exact) mass is 427 g/mol. The molecule has 0 radical (unpaired) electrons. The molecule has 0 aliphatic carbocycles. The summed E-state index contributed by atoms with van der Waals surface area (Å²) in [5.74, 6) is -0.738. The lowest BCUT2D eigenvalue weighted by Gasteiger charge is -2.22. The third kappa shape index (κ3) is 6.60. The summed E-state index contributed by atoms with van der Waals surface area (Å²) in [6, 6.07) is 9.54.